The van der Waals surface area contributed by atoms with Crippen LogP contribution in [0.1, 0.15) is 27.7 Å². The topological polar surface area (TPSA) is 175 Å². The van der Waals surface area contributed by atoms with Crippen molar-refractivity contribution in [2.24, 2.45) is 0 Å². The summed E-state index contributed by atoms with van der Waals surface area (Å²) in [7, 11) is -0.418. The summed E-state index contributed by atoms with van der Waals surface area (Å²) in [5.41, 5.74) is 19.1. The van der Waals surface area contributed by atoms with Gasteiger partial charge >= 0.3 is 7.12 Å². The molecule has 1 fully saturated rings. The molecule has 0 saturated carbocycles. The van der Waals surface area contributed by atoms with E-state index >= 15 is 0 Å². The summed E-state index contributed by atoms with van der Waals surface area (Å²) in [5.74, 6) is 2.84. The van der Waals surface area contributed by atoms with Crippen LogP contribution < -0.4 is 5.46 Å². The number of hydrogen-bond donors (Lipinski definition) is 0. The summed E-state index contributed by atoms with van der Waals surface area (Å²) >= 11 is 6.16. The molecular formula is C96H62BClN6O8. The largest absolute Gasteiger partial charge is 0.494 e. The normalized spacial score (nSPS) is 13.5. The van der Waals surface area contributed by atoms with E-state index in [4.69, 9.17) is 62.4 Å². The summed E-state index contributed by atoms with van der Waals surface area (Å²) in [4.78, 5) is 28.1. The molecule has 0 amide bonds. The number of para-hydroxylation sites is 6. The minimum Gasteiger partial charge on any atom is -0.456 e. The van der Waals surface area contributed by atoms with Crippen LogP contribution in [0.5, 0.6) is 0 Å². The number of benzene rings is 14. The highest BCUT2D eigenvalue weighted by Gasteiger charge is 2.52. The Morgan fingerprint density at radius 3 is 0.991 bits per heavy atom. The maximum Gasteiger partial charge on any atom is 0.494 e. The van der Waals surface area contributed by atoms with Gasteiger partial charge in [-0.15, -0.1) is 0 Å². The van der Waals surface area contributed by atoms with Crippen molar-refractivity contribution >= 4 is 156 Å². The maximum absolute atomic E-state index is 6.45. The zero-order chi connectivity index (χ0) is 74.9. The third-order valence-electron chi connectivity index (χ3n) is 21.8. The van der Waals surface area contributed by atoms with Gasteiger partial charge in [-0.05, 0) is 159 Å². The van der Waals surface area contributed by atoms with Crippen molar-refractivity contribution in [1.29, 1.82) is 0 Å². The van der Waals surface area contributed by atoms with Gasteiger partial charge in [0.2, 0.25) is 5.28 Å². The molecule has 14 nitrogen and oxygen atoms in total. The number of hydrogen-bond acceptors (Lipinski definition) is 14. The Balaban J connectivity index is 0.000000113. The molecule has 14 aromatic carbocycles. The first-order chi connectivity index (χ1) is 54.8. The van der Waals surface area contributed by atoms with Crippen LogP contribution >= 0.6 is 11.6 Å². The van der Waals surface area contributed by atoms with Crippen molar-refractivity contribution in [3.8, 4) is 79.2 Å². The molecular weight excluding hydrogens is 1410 g/mol. The molecule has 22 aromatic rings. The van der Waals surface area contributed by atoms with Crippen LogP contribution in [0.4, 0.5) is 0 Å². The van der Waals surface area contributed by atoms with Crippen molar-refractivity contribution in [3.05, 3.63) is 309 Å². The Kier molecular flexibility index (Phi) is 15.5. The van der Waals surface area contributed by atoms with Crippen LogP contribution in [-0.2, 0) is 9.31 Å². The standard InChI is InChI=1S/C45H25N3O3.C30H25BO4.C21H12ClN3O/c1-2-9-26(10-3-1)43-46-44(28-19-22-39-36(24-28)32-12-5-6-15-37(32)49-39)48-45(47-43)29-17-20-33-35-23-27(18-21-40(35)50-41(33)25-29)30-13-8-14-34-31-11-4-7-16-38(31)51-42(30)34;1-29(2)30(3,4)35-31(34-29)19-13-14-22-24-16-18(12-15-26(24)32-27(22)17-19)20-9-7-10-23-21-8-5-6-11-25(21)33-28(20)23;22-21-24-19(13-6-2-1-3-7-13)23-20(25-21)14-10-11-18-16(12-14)15-8-4-5-9-17(15)26-18/h1-25H;5-17H,1-4H3;1-12H. The molecule has 0 radical (unpaired) electrons. The van der Waals surface area contributed by atoms with Crippen molar-refractivity contribution in [1.82, 2.24) is 29.9 Å². The molecule has 8 aromatic heterocycles. The predicted molar refractivity (Wildman–Crippen MR) is 449 cm³/mol. The molecule has 112 heavy (non-hydrogen) atoms. The van der Waals surface area contributed by atoms with Gasteiger partial charge in [0.05, 0.1) is 11.2 Å². The second-order valence-corrected chi connectivity index (χ2v) is 29.5. The minimum absolute atomic E-state index is 0.172. The van der Waals surface area contributed by atoms with E-state index in [1.54, 1.807) is 0 Å². The minimum atomic E-state index is -0.418. The third kappa shape index (κ3) is 11.5. The molecule has 9 heterocycles. The van der Waals surface area contributed by atoms with Crippen molar-refractivity contribution in [3.63, 3.8) is 0 Å². The quantitative estimate of drug-likeness (QED) is 0.131. The van der Waals surface area contributed by atoms with Gasteiger partial charge in [0.15, 0.2) is 29.1 Å². The first kappa shape index (κ1) is 66.4. The van der Waals surface area contributed by atoms with Gasteiger partial charge in [0, 0.05) is 104 Å². The number of fused-ring (bicyclic) bond motifs is 18. The highest BCUT2D eigenvalue weighted by Crippen LogP contribution is 2.44. The fourth-order valence-corrected chi connectivity index (χ4v) is 15.6. The van der Waals surface area contributed by atoms with Gasteiger partial charge < -0.3 is 35.8 Å². The Morgan fingerprint density at radius 2 is 0.536 bits per heavy atom. The molecule has 0 unspecified atom stereocenters. The molecule has 16 heteroatoms. The smallest absolute Gasteiger partial charge is 0.456 e. The Bertz CT molecular complexity index is 7510. The van der Waals surface area contributed by atoms with Gasteiger partial charge in [-0.1, -0.05) is 200 Å². The molecule has 0 spiro atoms. The number of nitrogens with zero attached hydrogens (tertiary/aromatic N) is 6. The van der Waals surface area contributed by atoms with E-state index in [1.807, 2.05) is 194 Å². The van der Waals surface area contributed by atoms with Crippen molar-refractivity contribution in [2.75, 3.05) is 0 Å². The fraction of sp³-hybridized carbons (Fsp3) is 0.0625. The van der Waals surface area contributed by atoms with Crippen LogP contribution in [-0.4, -0.2) is 48.2 Å². The Labute approximate surface area is 644 Å². The first-order valence-corrected chi connectivity index (χ1v) is 37.4. The van der Waals surface area contributed by atoms with E-state index in [9.17, 15) is 0 Å². The van der Waals surface area contributed by atoms with Crippen LogP contribution in [0.2, 0.25) is 5.28 Å². The van der Waals surface area contributed by atoms with E-state index in [-0.39, 0.29) is 16.5 Å². The number of aromatic nitrogens is 6. The Hall–Kier alpha value is -13.8. The number of halogens is 1. The van der Waals surface area contributed by atoms with Crippen LogP contribution in [0, 0.1) is 0 Å². The lowest BCUT2D eigenvalue weighted by Crippen LogP contribution is -2.41. The number of furan rings is 6. The van der Waals surface area contributed by atoms with E-state index in [1.165, 1.54) is 0 Å². The average Bonchev–Trinajstić information content (AvgIpc) is 1.60. The monoisotopic (exact) mass is 1470 g/mol. The van der Waals surface area contributed by atoms with Gasteiger partial charge in [0.1, 0.15) is 67.0 Å². The molecule has 0 atom stereocenters. The lowest BCUT2D eigenvalue weighted by Gasteiger charge is -2.32. The number of rotatable bonds is 8. The molecule has 1 saturated heterocycles. The zero-order valence-electron chi connectivity index (χ0n) is 60.8. The third-order valence-corrected chi connectivity index (χ3v) is 21.9. The van der Waals surface area contributed by atoms with E-state index in [2.05, 4.69) is 152 Å². The van der Waals surface area contributed by atoms with Crippen LogP contribution in [0.3, 0.4) is 0 Å². The molecule has 0 N–H and O–H groups in total. The van der Waals surface area contributed by atoms with Crippen LogP contribution in [0.15, 0.2) is 330 Å². The second kappa shape index (κ2) is 26.2. The SMILES string of the molecule is CC1(C)OB(c2ccc3c(c2)oc2ccc(-c4cccc5c4oc4ccccc45)cc23)OC1(C)C.Clc1nc(-c2ccccc2)nc(-c2ccc3oc4ccccc4c3c2)n1.c1ccc(-c2nc(-c3ccc4c(c3)oc3ccc(-c5cccc6c5oc5ccccc56)cc34)nc(-c3ccc4oc5ccccc5c4c3)n2)cc1. The molecule has 534 valence electrons. The average molecular weight is 1470 g/mol. The van der Waals surface area contributed by atoms with Gasteiger partial charge in [-0.2, -0.15) is 9.97 Å². The maximum atomic E-state index is 6.45. The van der Waals surface area contributed by atoms with Gasteiger partial charge in [0.25, 0.3) is 0 Å². The lowest BCUT2D eigenvalue weighted by molar-refractivity contribution is 0.00578. The summed E-state index contributed by atoms with van der Waals surface area (Å²) in [6.07, 6.45) is 0. The molecule has 1 aliphatic heterocycles. The Morgan fingerprint density at radius 1 is 0.232 bits per heavy atom. The fourth-order valence-electron chi connectivity index (χ4n) is 15.4. The summed E-state index contributed by atoms with van der Waals surface area (Å²) in [6.45, 7) is 8.27. The van der Waals surface area contributed by atoms with Crippen molar-refractivity contribution in [2.45, 2.75) is 38.9 Å². The lowest BCUT2D eigenvalue weighted by atomic mass is 9.79. The summed E-state index contributed by atoms with van der Waals surface area (Å²) < 4.78 is 49.8. The molecule has 0 bridgehead atoms. The van der Waals surface area contributed by atoms with Gasteiger partial charge in [-0.25, -0.2) is 19.9 Å². The van der Waals surface area contributed by atoms with E-state index in [0.29, 0.717) is 29.1 Å². The van der Waals surface area contributed by atoms with Crippen LogP contribution in [0.25, 0.3) is 211 Å². The van der Waals surface area contributed by atoms with E-state index < -0.39 is 7.12 Å². The molecule has 1 aliphatic rings. The predicted octanol–water partition coefficient (Wildman–Crippen LogP) is 25.4. The summed E-state index contributed by atoms with van der Waals surface area (Å²) in [6, 6.07) is 102. The zero-order valence-corrected chi connectivity index (χ0v) is 61.5. The molecule has 23 rings (SSSR count). The summed E-state index contributed by atoms with van der Waals surface area (Å²) in [5, 5.41) is 13.0. The van der Waals surface area contributed by atoms with Crippen molar-refractivity contribution < 1.29 is 35.8 Å². The molecule has 0 aliphatic carbocycles. The second-order valence-electron chi connectivity index (χ2n) is 29.2. The first-order valence-electron chi connectivity index (χ1n) is 37.0. The van der Waals surface area contributed by atoms with Gasteiger partial charge in [-0.3, -0.25) is 0 Å². The highest BCUT2D eigenvalue weighted by atomic mass is 35.5. The van der Waals surface area contributed by atoms with E-state index in [0.717, 1.165) is 187 Å². The highest BCUT2D eigenvalue weighted by molar-refractivity contribution is 6.62.